The normalized spacial score (nSPS) is 10.5. The van der Waals surface area contributed by atoms with Crippen LogP contribution in [-0.2, 0) is 6.54 Å². The Morgan fingerprint density at radius 3 is 2.70 bits per heavy atom. The van der Waals surface area contributed by atoms with E-state index in [1.807, 2.05) is 19.1 Å². The number of nitrogens with one attached hydrogen (secondary N) is 1. The number of hydrogen-bond acceptors (Lipinski definition) is 6. The van der Waals surface area contributed by atoms with Crippen LogP contribution in [-0.4, -0.2) is 27.2 Å². The second-order valence-corrected chi connectivity index (χ2v) is 6.42. The van der Waals surface area contributed by atoms with E-state index < -0.39 is 16.3 Å². The SMILES string of the molecule is CCOc1cccc(CNC(=O)c2nn(-c3ccccc3[N+](=O)[O-])c(C)cc2=O)c1. The Hall–Kier alpha value is -4.01. The van der Waals surface area contributed by atoms with Crippen LogP contribution >= 0.6 is 0 Å². The van der Waals surface area contributed by atoms with E-state index in [1.54, 1.807) is 25.1 Å². The minimum atomic E-state index is -0.672. The fraction of sp³-hybridized carbons (Fsp3) is 0.190. The molecule has 9 nitrogen and oxygen atoms in total. The number of para-hydroxylation sites is 2. The molecule has 3 aromatic rings. The molecule has 0 saturated carbocycles. The van der Waals surface area contributed by atoms with E-state index in [9.17, 15) is 19.7 Å². The minimum absolute atomic E-state index is 0.165. The van der Waals surface area contributed by atoms with Crippen molar-refractivity contribution in [2.75, 3.05) is 6.61 Å². The molecule has 0 aliphatic carbocycles. The zero-order valence-electron chi connectivity index (χ0n) is 16.5. The van der Waals surface area contributed by atoms with Gasteiger partial charge >= 0.3 is 0 Å². The van der Waals surface area contributed by atoms with Gasteiger partial charge in [-0.1, -0.05) is 24.3 Å². The lowest BCUT2D eigenvalue weighted by Gasteiger charge is -2.12. The number of nitrogens with zero attached hydrogens (tertiary/aromatic N) is 3. The van der Waals surface area contributed by atoms with Gasteiger partial charge in [0.05, 0.1) is 11.5 Å². The highest BCUT2D eigenvalue weighted by Gasteiger charge is 2.20. The van der Waals surface area contributed by atoms with Crippen LogP contribution in [0.5, 0.6) is 5.75 Å². The van der Waals surface area contributed by atoms with Gasteiger partial charge in [-0.25, -0.2) is 4.68 Å². The summed E-state index contributed by atoms with van der Waals surface area (Å²) in [7, 11) is 0. The molecule has 0 atom stereocenters. The van der Waals surface area contributed by atoms with E-state index in [4.69, 9.17) is 4.74 Å². The molecule has 0 bridgehead atoms. The van der Waals surface area contributed by atoms with Gasteiger partial charge in [0.15, 0.2) is 5.69 Å². The minimum Gasteiger partial charge on any atom is -0.494 e. The summed E-state index contributed by atoms with van der Waals surface area (Å²) >= 11 is 0. The number of amides is 1. The number of carbonyl (C=O) groups is 1. The van der Waals surface area contributed by atoms with Crippen molar-refractivity contribution in [3.8, 4) is 11.4 Å². The molecule has 1 heterocycles. The Labute approximate surface area is 172 Å². The molecule has 154 valence electrons. The van der Waals surface area contributed by atoms with Gasteiger partial charge < -0.3 is 10.1 Å². The fourth-order valence-electron chi connectivity index (χ4n) is 2.92. The van der Waals surface area contributed by atoms with E-state index in [0.29, 0.717) is 18.1 Å². The molecule has 1 N–H and O–H groups in total. The molecular formula is C21H20N4O5. The molecule has 0 saturated heterocycles. The third-order valence-electron chi connectivity index (χ3n) is 4.29. The predicted molar refractivity (Wildman–Crippen MR) is 110 cm³/mol. The topological polar surface area (TPSA) is 116 Å². The highest BCUT2D eigenvalue weighted by Crippen LogP contribution is 2.22. The van der Waals surface area contributed by atoms with Gasteiger partial charge in [0, 0.05) is 24.4 Å². The molecule has 0 radical (unpaired) electrons. The van der Waals surface area contributed by atoms with Crippen molar-refractivity contribution in [3.63, 3.8) is 0 Å². The van der Waals surface area contributed by atoms with E-state index in [0.717, 1.165) is 5.56 Å². The maximum absolute atomic E-state index is 12.6. The highest BCUT2D eigenvalue weighted by molar-refractivity contribution is 5.92. The molecule has 0 aliphatic rings. The Bertz CT molecular complexity index is 1160. The van der Waals surface area contributed by atoms with Crippen molar-refractivity contribution in [3.05, 3.63) is 91.9 Å². The molecule has 3 rings (SSSR count). The Kier molecular flexibility index (Phi) is 6.21. The number of hydrogen-bond donors (Lipinski definition) is 1. The lowest BCUT2D eigenvalue weighted by atomic mass is 10.2. The Morgan fingerprint density at radius 2 is 1.97 bits per heavy atom. The summed E-state index contributed by atoms with van der Waals surface area (Å²) < 4.78 is 6.66. The lowest BCUT2D eigenvalue weighted by Crippen LogP contribution is -2.31. The number of aryl methyl sites for hydroxylation is 1. The molecule has 1 aromatic heterocycles. The molecule has 0 unspecified atom stereocenters. The number of nitro groups is 1. The lowest BCUT2D eigenvalue weighted by molar-refractivity contribution is -0.384. The zero-order chi connectivity index (χ0) is 21.7. The van der Waals surface area contributed by atoms with E-state index in [2.05, 4.69) is 10.4 Å². The van der Waals surface area contributed by atoms with Gasteiger partial charge in [-0.2, -0.15) is 5.10 Å². The summed E-state index contributed by atoms with van der Waals surface area (Å²) in [5.74, 6) is 0.00519. The number of rotatable bonds is 7. The van der Waals surface area contributed by atoms with Crippen molar-refractivity contribution in [2.45, 2.75) is 20.4 Å². The Balaban J connectivity index is 1.89. The van der Waals surface area contributed by atoms with Crippen LogP contribution in [0.3, 0.4) is 0 Å². The predicted octanol–water partition coefficient (Wildman–Crippen LogP) is 2.78. The van der Waals surface area contributed by atoms with Gasteiger partial charge in [-0.05, 0) is 37.6 Å². The maximum Gasteiger partial charge on any atom is 0.294 e. The number of aromatic nitrogens is 2. The number of ether oxygens (including phenoxy) is 1. The van der Waals surface area contributed by atoms with Gasteiger partial charge in [0.2, 0.25) is 5.43 Å². The van der Waals surface area contributed by atoms with Gasteiger partial charge in [0.1, 0.15) is 11.4 Å². The van der Waals surface area contributed by atoms with Crippen LogP contribution < -0.4 is 15.5 Å². The third kappa shape index (κ3) is 4.52. The summed E-state index contributed by atoms with van der Waals surface area (Å²) in [4.78, 5) is 35.8. The first-order valence-electron chi connectivity index (χ1n) is 9.25. The molecule has 0 spiro atoms. The standard InChI is InChI=1S/C21H20N4O5/c1-3-30-16-8-6-7-15(12-16)13-22-21(27)20-19(26)11-14(2)24(23-20)17-9-4-5-10-18(17)25(28)29/h4-12H,3,13H2,1-2H3,(H,22,27). The molecule has 2 aromatic carbocycles. The van der Waals surface area contributed by atoms with Crippen LogP contribution in [0, 0.1) is 17.0 Å². The largest absolute Gasteiger partial charge is 0.494 e. The summed E-state index contributed by atoms with van der Waals surface area (Å²) in [6.45, 7) is 4.15. The molecule has 1 amide bonds. The van der Waals surface area contributed by atoms with Crippen LogP contribution in [0.25, 0.3) is 5.69 Å². The van der Waals surface area contributed by atoms with Crippen molar-refractivity contribution >= 4 is 11.6 Å². The first-order chi connectivity index (χ1) is 14.4. The van der Waals surface area contributed by atoms with Crippen molar-refractivity contribution in [1.82, 2.24) is 15.1 Å². The fourth-order valence-corrected chi connectivity index (χ4v) is 2.92. The molecular weight excluding hydrogens is 388 g/mol. The van der Waals surface area contributed by atoms with E-state index in [1.165, 1.54) is 28.9 Å². The summed E-state index contributed by atoms with van der Waals surface area (Å²) in [6.07, 6.45) is 0. The van der Waals surface area contributed by atoms with Gasteiger partial charge in [0.25, 0.3) is 11.6 Å². The monoisotopic (exact) mass is 408 g/mol. The maximum atomic E-state index is 12.6. The Morgan fingerprint density at radius 1 is 1.20 bits per heavy atom. The average molecular weight is 408 g/mol. The molecule has 30 heavy (non-hydrogen) atoms. The molecule has 9 heteroatoms. The second-order valence-electron chi connectivity index (χ2n) is 6.42. The van der Waals surface area contributed by atoms with Gasteiger partial charge in [-0.3, -0.25) is 19.7 Å². The van der Waals surface area contributed by atoms with Crippen LogP contribution in [0.15, 0.2) is 59.4 Å². The number of carbonyl (C=O) groups excluding carboxylic acids is 1. The first kappa shape index (κ1) is 20.7. The van der Waals surface area contributed by atoms with Crippen molar-refractivity contribution in [2.24, 2.45) is 0 Å². The smallest absolute Gasteiger partial charge is 0.294 e. The number of benzene rings is 2. The van der Waals surface area contributed by atoms with Gasteiger partial charge in [-0.15, -0.1) is 0 Å². The third-order valence-corrected chi connectivity index (χ3v) is 4.29. The first-order valence-corrected chi connectivity index (χ1v) is 9.25. The number of nitro benzene ring substituents is 1. The summed E-state index contributed by atoms with van der Waals surface area (Å²) in [6, 6.07) is 14.4. The molecule has 0 fully saturated rings. The quantitative estimate of drug-likeness (QED) is 0.475. The van der Waals surface area contributed by atoms with Crippen molar-refractivity contribution in [1.29, 1.82) is 0 Å². The van der Waals surface area contributed by atoms with Crippen LogP contribution in [0.4, 0.5) is 5.69 Å². The van der Waals surface area contributed by atoms with Crippen LogP contribution in [0.1, 0.15) is 28.7 Å². The highest BCUT2D eigenvalue weighted by atomic mass is 16.6. The van der Waals surface area contributed by atoms with Crippen LogP contribution in [0.2, 0.25) is 0 Å². The second kappa shape index (κ2) is 8.99. The summed E-state index contributed by atoms with van der Waals surface area (Å²) in [5.41, 5.74) is 0.229. The molecule has 0 aliphatic heterocycles. The van der Waals surface area contributed by atoms with E-state index >= 15 is 0 Å². The van der Waals surface area contributed by atoms with E-state index in [-0.39, 0.29) is 23.6 Å². The zero-order valence-corrected chi connectivity index (χ0v) is 16.5. The van der Waals surface area contributed by atoms with Crippen molar-refractivity contribution < 1.29 is 14.5 Å². The summed E-state index contributed by atoms with van der Waals surface area (Å²) in [5, 5.41) is 18.1. The average Bonchev–Trinajstić information content (AvgIpc) is 2.72.